The molecule has 1 heterocycles. The van der Waals surface area contributed by atoms with Gasteiger partial charge < -0.3 is 0 Å². The Bertz CT molecular complexity index is 1070. The number of rotatable bonds is 0. The second-order valence-corrected chi connectivity index (χ2v) is 8.18. The Labute approximate surface area is 142 Å². The lowest BCUT2D eigenvalue weighted by Crippen LogP contribution is -2.31. The van der Waals surface area contributed by atoms with E-state index in [1.54, 1.807) is 0 Å². The van der Waals surface area contributed by atoms with Gasteiger partial charge in [-0.15, -0.1) is 0 Å². The third-order valence-corrected chi connectivity index (χ3v) is 7.17. The van der Waals surface area contributed by atoms with Crippen molar-refractivity contribution in [2.45, 2.75) is 44.9 Å². The Balaban J connectivity index is 1.94. The lowest BCUT2D eigenvalue weighted by molar-refractivity contribution is 0.232. The maximum Gasteiger partial charge on any atom is 0.194 e. The summed E-state index contributed by atoms with van der Waals surface area (Å²) in [5.41, 5.74) is 5.26. The van der Waals surface area contributed by atoms with Crippen LogP contribution >= 0.6 is 0 Å². The quantitative estimate of drug-likeness (QED) is 0.361. The molecule has 2 aliphatic rings. The number of pyridine rings is 1. The summed E-state index contributed by atoms with van der Waals surface area (Å²) in [5, 5.41) is 3.41. The molecule has 2 nitrogen and oxygen atoms in total. The summed E-state index contributed by atoms with van der Waals surface area (Å²) in [4.78, 5) is 8.54. The first-order valence-electron chi connectivity index (χ1n) is 8.71. The van der Waals surface area contributed by atoms with Crippen molar-refractivity contribution in [1.82, 2.24) is 4.98 Å². The zero-order valence-electron chi connectivity index (χ0n) is 14.4. The van der Waals surface area contributed by atoms with E-state index in [-0.39, 0.29) is 5.41 Å². The van der Waals surface area contributed by atoms with Crippen molar-refractivity contribution in [3.8, 4) is 0 Å². The van der Waals surface area contributed by atoms with Gasteiger partial charge in [0.2, 0.25) is 0 Å². The van der Waals surface area contributed by atoms with Crippen LogP contribution in [0.2, 0.25) is 0 Å². The highest BCUT2D eigenvalue weighted by Crippen LogP contribution is 2.68. The van der Waals surface area contributed by atoms with Gasteiger partial charge in [0.1, 0.15) is 0 Å². The molecule has 0 radical (unpaired) electrons. The van der Waals surface area contributed by atoms with Crippen molar-refractivity contribution in [2.24, 2.45) is 5.41 Å². The molecule has 2 aromatic carbocycles. The van der Waals surface area contributed by atoms with Gasteiger partial charge in [-0.25, -0.2) is 4.85 Å². The van der Waals surface area contributed by atoms with Crippen molar-refractivity contribution in [3.63, 3.8) is 0 Å². The monoisotopic (exact) mass is 312 g/mol. The van der Waals surface area contributed by atoms with E-state index in [1.807, 2.05) is 12.1 Å². The minimum atomic E-state index is 0.222. The van der Waals surface area contributed by atoms with Crippen LogP contribution in [-0.4, -0.2) is 4.98 Å². The summed E-state index contributed by atoms with van der Waals surface area (Å²) in [5.74, 6) is 0.625. The minimum Gasteiger partial charge on any atom is -0.255 e. The van der Waals surface area contributed by atoms with Crippen LogP contribution in [0.3, 0.4) is 0 Å². The molecule has 0 saturated heterocycles. The molecule has 0 unspecified atom stereocenters. The molecule has 5 rings (SSSR count). The van der Waals surface area contributed by atoms with Crippen molar-refractivity contribution < 1.29 is 0 Å². The summed E-state index contributed by atoms with van der Waals surface area (Å²) < 4.78 is 0. The van der Waals surface area contributed by atoms with Gasteiger partial charge >= 0.3 is 0 Å². The summed E-state index contributed by atoms with van der Waals surface area (Å²) in [6, 6.07) is 10.3. The summed E-state index contributed by atoms with van der Waals surface area (Å²) >= 11 is 0. The van der Waals surface area contributed by atoms with E-state index < -0.39 is 0 Å². The molecule has 0 N–H and O–H groups in total. The molecule has 0 amide bonds. The fourth-order valence-corrected chi connectivity index (χ4v) is 5.49. The van der Waals surface area contributed by atoms with Crippen LogP contribution < -0.4 is 0 Å². The predicted molar refractivity (Wildman–Crippen MR) is 98.6 cm³/mol. The smallest absolute Gasteiger partial charge is 0.194 e. The summed E-state index contributed by atoms with van der Waals surface area (Å²) in [7, 11) is 0. The fraction of sp³-hybridized carbons (Fsp3) is 0.364. The van der Waals surface area contributed by atoms with Crippen LogP contribution in [0.15, 0.2) is 36.5 Å². The highest BCUT2D eigenvalue weighted by molar-refractivity contribution is 6.11. The van der Waals surface area contributed by atoms with Crippen molar-refractivity contribution in [2.75, 3.05) is 0 Å². The molecule has 3 aromatic rings. The predicted octanol–water partition coefficient (Wildman–Crippen LogP) is 6.11. The Morgan fingerprint density at radius 3 is 2.67 bits per heavy atom. The highest BCUT2D eigenvalue weighted by atomic mass is 14.7. The molecule has 0 aliphatic heterocycles. The van der Waals surface area contributed by atoms with E-state index in [9.17, 15) is 0 Å². The van der Waals surface area contributed by atoms with E-state index in [0.29, 0.717) is 17.0 Å². The average molecular weight is 312 g/mol. The van der Waals surface area contributed by atoms with Crippen LogP contribution in [0.1, 0.15) is 50.7 Å². The molecule has 2 bridgehead atoms. The fourth-order valence-electron chi connectivity index (χ4n) is 5.49. The van der Waals surface area contributed by atoms with Crippen molar-refractivity contribution in [3.05, 3.63) is 59.1 Å². The van der Waals surface area contributed by atoms with E-state index in [2.05, 4.69) is 50.0 Å². The molecule has 2 atom stereocenters. The minimum absolute atomic E-state index is 0.222. The van der Waals surface area contributed by atoms with E-state index >= 15 is 0 Å². The Hall–Kier alpha value is -2.40. The van der Waals surface area contributed by atoms with Gasteiger partial charge in [0.05, 0.1) is 12.1 Å². The number of aromatic nitrogens is 1. The van der Waals surface area contributed by atoms with Gasteiger partial charge in [0.25, 0.3) is 0 Å². The van der Waals surface area contributed by atoms with E-state index in [4.69, 9.17) is 11.6 Å². The molecule has 1 aromatic heterocycles. The van der Waals surface area contributed by atoms with Gasteiger partial charge in [0, 0.05) is 11.6 Å². The molecule has 24 heavy (non-hydrogen) atoms. The van der Waals surface area contributed by atoms with Crippen LogP contribution in [0.5, 0.6) is 0 Å². The molecule has 0 spiro atoms. The molecule has 2 heteroatoms. The topological polar surface area (TPSA) is 17.2 Å². The second kappa shape index (κ2) is 4.16. The normalized spacial score (nSPS) is 26.7. The van der Waals surface area contributed by atoms with Gasteiger partial charge in [-0.1, -0.05) is 51.1 Å². The Kier molecular flexibility index (Phi) is 2.43. The molecular weight excluding hydrogens is 292 g/mol. The number of benzene rings is 2. The summed E-state index contributed by atoms with van der Waals surface area (Å²) in [6.07, 6.45) is 4.66. The van der Waals surface area contributed by atoms with Crippen LogP contribution in [0.25, 0.3) is 26.5 Å². The lowest BCUT2D eigenvalue weighted by Gasteiger charge is -2.35. The molecular formula is C22H20N2. The number of hydrogen-bond acceptors (Lipinski definition) is 1. The van der Waals surface area contributed by atoms with Gasteiger partial charge in [-0.05, 0) is 51.5 Å². The van der Waals surface area contributed by atoms with Gasteiger partial charge in [-0.3, -0.25) is 4.98 Å². The standard InChI is InChI=1S/C22H20N2/c1-21(2)17-10-11-22(21,3)19-15-9-8-13-14(6-5-7-18(13)23-4)20(15)24-12-16(17)19/h5-9,12,17H,10-11H2,1-3H3/t17-,22+/m1/s1. The maximum atomic E-state index is 7.41. The first-order valence-corrected chi connectivity index (χ1v) is 8.71. The van der Waals surface area contributed by atoms with Gasteiger partial charge in [0.15, 0.2) is 5.69 Å². The zero-order valence-corrected chi connectivity index (χ0v) is 14.4. The first-order chi connectivity index (χ1) is 11.5. The highest BCUT2D eigenvalue weighted by Gasteiger charge is 2.59. The van der Waals surface area contributed by atoms with E-state index in [1.165, 1.54) is 29.4 Å². The number of nitrogens with zero attached hydrogens (tertiary/aromatic N) is 2. The number of fused-ring (bicyclic) bond motifs is 9. The largest absolute Gasteiger partial charge is 0.255 e. The second-order valence-electron chi connectivity index (χ2n) is 8.18. The van der Waals surface area contributed by atoms with Crippen molar-refractivity contribution in [1.29, 1.82) is 0 Å². The van der Waals surface area contributed by atoms with E-state index in [0.717, 1.165) is 16.3 Å². The SMILES string of the molecule is [C-]#[N+]c1cccc2c1ccc1c3c(cnc12)[C@H]1CC[C@]3(C)C1(C)C. The Morgan fingerprint density at radius 2 is 1.88 bits per heavy atom. The van der Waals surface area contributed by atoms with Crippen LogP contribution in [0, 0.1) is 12.0 Å². The third-order valence-electron chi connectivity index (χ3n) is 7.17. The Morgan fingerprint density at radius 1 is 1.08 bits per heavy atom. The maximum absolute atomic E-state index is 7.41. The van der Waals surface area contributed by atoms with Crippen LogP contribution in [-0.2, 0) is 5.41 Å². The van der Waals surface area contributed by atoms with Crippen molar-refractivity contribution >= 4 is 27.4 Å². The zero-order chi connectivity index (χ0) is 16.7. The summed E-state index contributed by atoms with van der Waals surface area (Å²) in [6.45, 7) is 14.7. The third kappa shape index (κ3) is 1.36. The number of hydrogen-bond donors (Lipinski definition) is 0. The molecule has 1 saturated carbocycles. The molecule has 2 aliphatic carbocycles. The lowest BCUT2D eigenvalue weighted by atomic mass is 9.68. The van der Waals surface area contributed by atoms with Crippen LogP contribution in [0.4, 0.5) is 5.69 Å². The molecule has 1 fully saturated rings. The average Bonchev–Trinajstić information content (AvgIpc) is 2.92. The van der Waals surface area contributed by atoms with Gasteiger partial charge in [-0.2, -0.15) is 0 Å². The first kappa shape index (κ1) is 14.0. The molecule has 118 valence electrons.